The van der Waals surface area contributed by atoms with E-state index in [2.05, 4.69) is 44.6 Å². The zero-order valence-electron chi connectivity index (χ0n) is 16.0. The maximum absolute atomic E-state index is 13.1. The van der Waals surface area contributed by atoms with Gasteiger partial charge in [0.05, 0.1) is 35.4 Å². The molecule has 5 rings (SSSR count). The highest BCUT2D eigenvalue weighted by Gasteiger charge is 2.40. The molecule has 5 heterocycles. The van der Waals surface area contributed by atoms with Crippen molar-refractivity contribution < 1.29 is 9.31 Å². The van der Waals surface area contributed by atoms with Crippen molar-refractivity contribution in [1.29, 1.82) is 0 Å². The Kier molecular flexibility index (Phi) is 4.16. The molecular weight excluding hydrogens is 429 g/mol. The van der Waals surface area contributed by atoms with Crippen molar-refractivity contribution in [2.45, 2.75) is 19.3 Å². The molecule has 4 aromatic heterocycles. The molecule has 0 spiro atoms. The summed E-state index contributed by atoms with van der Waals surface area (Å²) in [5.74, 6) is 0.355. The minimum atomic E-state index is -0.472. The number of amides is 1. The Labute approximate surface area is 180 Å². The quantitative estimate of drug-likeness (QED) is 0.460. The van der Waals surface area contributed by atoms with Crippen LogP contribution in [0, 0.1) is 0 Å². The Morgan fingerprint density at radius 1 is 1.20 bits per heavy atom. The SMILES string of the molecule is CC1(C)CNc2cnc3cc(Cl)n(C(=O)Nc4cnc(-n5nccn5)c(Cl)c4)[n+]3c21. The van der Waals surface area contributed by atoms with Gasteiger partial charge in [-0.1, -0.05) is 37.0 Å². The topological polar surface area (TPSA) is 107 Å². The number of pyridine rings is 1. The van der Waals surface area contributed by atoms with E-state index in [0.29, 0.717) is 17.2 Å². The average Bonchev–Trinajstić information content (AvgIpc) is 3.39. The van der Waals surface area contributed by atoms with Crippen LogP contribution in [0.3, 0.4) is 0 Å². The molecule has 0 saturated carbocycles. The predicted molar refractivity (Wildman–Crippen MR) is 110 cm³/mol. The van der Waals surface area contributed by atoms with Crippen LogP contribution in [0.4, 0.5) is 16.2 Å². The van der Waals surface area contributed by atoms with Crippen LogP contribution in [0.1, 0.15) is 19.5 Å². The third-order valence-corrected chi connectivity index (χ3v) is 5.44. The second-order valence-electron chi connectivity index (χ2n) is 7.48. The Bertz CT molecular complexity index is 1300. The van der Waals surface area contributed by atoms with Crippen LogP contribution in [-0.4, -0.2) is 42.2 Å². The highest BCUT2D eigenvalue weighted by Crippen LogP contribution is 2.33. The van der Waals surface area contributed by atoms with E-state index in [1.165, 1.54) is 28.1 Å². The minimum absolute atomic E-state index is 0.218. The highest BCUT2D eigenvalue weighted by molar-refractivity contribution is 6.32. The van der Waals surface area contributed by atoms with Gasteiger partial charge >= 0.3 is 11.7 Å². The molecule has 0 radical (unpaired) electrons. The molecular formula is C18H16Cl2N9O+. The number of fused-ring (bicyclic) bond motifs is 3. The average molecular weight is 445 g/mol. The van der Waals surface area contributed by atoms with Crippen molar-refractivity contribution in [2.75, 3.05) is 17.2 Å². The minimum Gasteiger partial charge on any atom is -0.378 e. The molecule has 4 aromatic rings. The lowest BCUT2D eigenvalue weighted by molar-refractivity contribution is -0.607. The molecule has 1 amide bonds. The number of nitrogens with one attached hydrogen (secondary N) is 2. The normalized spacial score (nSPS) is 14.5. The third-order valence-electron chi connectivity index (χ3n) is 4.90. The van der Waals surface area contributed by atoms with Gasteiger partial charge in [0.1, 0.15) is 5.69 Å². The van der Waals surface area contributed by atoms with E-state index >= 15 is 0 Å². The fourth-order valence-electron chi connectivity index (χ4n) is 3.56. The molecule has 10 nitrogen and oxygen atoms in total. The van der Waals surface area contributed by atoms with Gasteiger partial charge in [-0.3, -0.25) is 0 Å². The molecule has 0 aliphatic carbocycles. The van der Waals surface area contributed by atoms with Gasteiger partial charge in [-0.15, -0.1) is 14.0 Å². The Morgan fingerprint density at radius 2 is 1.97 bits per heavy atom. The number of aromatic nitrogens is 7. The third kappa shape index (κ3) is 2.87. The molecule has 2 N–H and O–H groups in total. The summed E-state index contributed by atoms with van der Waals surface area (Å²) in [6.45, 7) is 4.91. The van der Waals surface area contributed by atoms with Crippen LogP contribution < -0.4 is 15.1 Å². The largest absolute Gasteiger partial charge is 0.378 e. The lowest BCUT2D eigenvalue weighted by Crippen LogP contribution is -2.46. The highest BCUT2D eigenvalue weighted by atomic mass is 35.5. The number of hydrogen-bond donors (Lipinski definition) is 2. The number of carbonyl (C=O) groups is 1. The van der Waals surface area contributed by atoms with Crippen molar-refractivity contribution in [3.05, 3.63) is 52.8 Å². The Balaban J connectivity index is 1.54. The van der Waals surface area contributed by atoms with Gasteiger partial charge in [-0.05, 0) is 11.1 Å². The van der Waals surface area contributed by atoms with E-state index < -0.39 is 6.03 Å². The number of halogens is 2. The molecule has 1 aliphatic heterocycles. The first-order chi connectivity index (χ1) is 14.3. The van der Waals surface area contributed by atoms with Crippen LogP contribution >= 0.6 is 23.2 Å². The van der Waals surface area contributed by atoms with Gasteiger partial charge in [-0.25, -0.2) is 9.78 Å². The lowest BCUT2D eigenvalue weighted by Gasteiger charge is -2.15. The number of nitrogens with zero attached hydrogens (tertiary/aromatic N) is 7. The standard InChI is InChI=1S/C18H15Cl2N9O/c1-18(2)9-23-12-8-21-14-6-13(20)27(28(14)15(12)18)17(30)26-10-5-11(19)16(22-7-10)29-24-3-4-25-29/h3-8,23H,9H2,1-2H3/p+1. The molecule has 152 valence electrons. The number of rotatable bonds is 2. The monoisotopic (exact) mass is 444 g/mol. The molecule has 0 aromatic carbocycles. The fraction of sp³-hybridized carbons (Fsp3) is 0.222. The second-order valence-corrected chi connectivity index (χ2v) is 8.28. The van der Waals surface area contributed by atoms with E-state index in [9.17, 15) is 4.79 Å². The summed E-state index contributed by atoms with van der Waals surface area (Å²) < 4.78 is 3.07. The van der Waals surface area contributed by atoms with E-state index in [1.54, 1.807) is 22.8 Å². The van der Waals surface area contributed by atoms with Crippen LogP contribution in [-0.2, 0) is 5.41 Å². The maximum Gasteiger partial charge on any atom is 0.363 e. The molecule has 30 heavy (non-hydrogen) atoms. The van der Waals surface area contributed by atoms with E-state index in [-0.39, 0.29) is 15.6 Å². The second kappa shape index (κ2) is 6.64. The van der Waals surface area contributed by atoms with Crippen molar-refractivity contribution in [2.24, 2.45) is 0 Å². The molecule has 1 aliphatic rings. The predicted octanol–water partition coefficient (Wildman–Crippen LogP) is 2.69. The van der Waals surface area contributed by atoms with Crippen molar-refractivity contribution in [3.63, 3.8) is 0 Å². The molecule has 0 bridgehead atoms. The van der Waals surface area contributed by atoms with Crippen molar-refractivity contribution in [1.82, 2.24) is 29.6 Å². The summed E-state index contributed by atoms with van der Waals surface area (Å²) >= 11 is 12.7. The van der Waals surface area contributed by atoms with Crippen molar-refractivity contribution >= 4 is 46.3 Å². The van der Waals surface area contributed by atoms with Gasteiger partial charge in [0, 0.05) is 12.0 Å². The first-order valence-electron chi connectivity index (χ1n) is 9.05. The van der Waals surface area contributed by atoms with Gasteiger partial charge in [0.25, 0.3) is 0 Å². The van der Waals surface area contributed by atoms with E-state index in [0.717, 1.165) is 17.9 Å². The summed E-state index contributed by atoms with van der Waals surface area (Å²) in [5, 5.41) is 14.6. The first kappa shape index (κ1) is 18.8. The summed E-state index contributed by atoms with van der Waals surface area (Å²) in [5.41, 5.74) is 2.54. The molecule has 0 saturated heterocycles. The smallest absolute Gasteiger partial charge is 0.363 e. The van der Waals surface area contributed by atoms with Crippen LogP contribution in [0.2, 0.25) is 10.2 Å². The Hall–Kier alpha value is -3.24. The first-order valence-corrected chi connectivity index (χ1v) is 9.81. The molecule has 0 atom stereocenters. The van der Waals surface area contributed by atoms with Gasteiger partial charge in [0.2, 0.25) is 0 Å². The van der Waals surface area contributed by atoms with Crippen LogP contribution in [0.5, 0.6) is 0 Å². The van der Waals surface area contributed by atoms with Gasteiger partial charge in [0.15, 0.2) is 22.9 Å². The van der Waals surface area contributed by atoms with Gasteiger partial charge in [-0.2, -0.15) is 10.2 Å². The van der Waals surface area contributed by atoms with Crippen LogP contribution in [0.15, 0.2) is 36.9 Å². The molecule has 0 fully saturated rings. The molecule has 12 heteroatoms. The Morgan fingerprint density at radius 3 is 2.70 bits per heavy atom. The lowest BCUT2D eigenvalue weighted by atomic mass is 9.91. The fourth-order valence-corrected chi connectivity index (χ4v) is 4.05. The summed E-state index contributed by atoms with van der Waals surface area (Å²) in [7, 11) is 0. The van der Waals surface area contributed by atoms with Crippen molar-refractivity contribution in [3.8, 4) is 5.82 Å². The van der Waals surface area contributed by atoms with Crippen LogP contribution in [0.25, 0.3) is 11.5 Å². The summed E-state index contributed by atoms with van der Waals surface area (Å²) in [6, 6.07) is 2.75. The van der Waals surface area contributed by atoms with E-state index in [1.807, 2.05) is 0 Å². The summed E-state index contributed by atoms with van der Waals surface area (Å²) in [4.78, 5) is 23.1. The number of carbonyl (C=O) groups excluding carboxylic acids is 1. The van der Waals surface area contributed by atoms with Gasteiger partial charge < -0.3 is 10.6 Å². The molecule has 0 unspecified atom stereocenters. The number of hydrogen-bond acceptors (Lipinski definition) is 6. The number of anilines is 2. The summed E-state index contributed by atoms with van der Waals surface area (Å²) in [6.07, 6.45) is 6.27. The maximum atomic E-state index is 13.1. The van der Waals surface area contributed by atoms with E-state index in [4.69, 9.17) is 23.2 Å². The zero-order valence-corrected chi connectivity index (χ0v) is 17.5. The zero-order chi connectivity index (χ0) is 21.0.